The van der Waals surface area contributed by atoms with Crippen molar-refractivity contribution in [1.29, 1.82) is 0 Å². The fraction of sp³-hybridized carbons (Fsp3) is 0.227. The molecule has 28 heavy (non-hydrogen) atoms. The standard InChI is InChI=1S/C22H21N3O3/c1-14-20(22(27)15-6-4-3-5-7-15)24-19-13-23-10-11-25(19)21(14)16-8-9-17(26)18(12-16)28-2/h3-14,20-21,26H,1-2H3. The molecule has 3 atom stereocenters. The molecule has 6 nitrogen and oxygen atoms in total. The lowest BCUT2D eigenvalue weighted by atomic mass is 9.82. The number of hydrogen-bond acceptors (Lipinski definition) is 6. The van der Waals surface area contributed by atoms with Crippen LogP contribution in [0.5, 0.6) is 11.5 Å². The number of rotatable bonds is 4. The van der Waals surface area contributed by atoms with Gasteiger partial charge in [-0.25, -0.2) is 0 Å². The molecule has 0 aromatic heterocycles. The van der Waals surface area contributed by atoms with Gasteiger partial charge < -0.3 is 14.7 Å². The van der Waals surface area contributed by atoms with Crippen molar-refractivity contribution in [3.8, 4) is 11.5 Å². The minimum atomic E-state index is -0.531. The highest BCUT2D eigenvalue weighted by atomic mass is 16.5. The molecule has 1 N–H and O–H groups in total. The molecule has 0 bridgehead atoms. The molecule has 2 aliphatic heterocycles. The first kappa shape index (κ1) is 18.0. The Kier molecular flexibility index (Phi) is 4.69. The Morgan fingerprint density at radius 3 is 2.71 bits per heavy atom. The first-order valence-electron chi connectivity index (χ1n) is 9.12. The molecule has 0 saturated carbocycles. The molecule has 0 aliphatic carbocycles. The van der Waals surface area contributed by atoms with Crippen molar-refractivity contribution in [1.82, 2.24) is 4.90 Å². The first-order valence-corrected chi connectivity index (χ1v) is 9.12. The van der Waals surface area contributed by atoms with Crippen LogP contribution in [0.25, 0.3) is 0 Å². The van der Waals surface area contributed by atoms with Crippen LogP contribution in [0.2, 0.25) is 0 Å². The summed E-state index contributed by atoms with van der Waals surface area (Å²) in [6, 6.07) is 13.8. The number of phenolic OH excluding ortho intramolecular Hbond substituents is 1. The highest BCUT2D eigenvalue weighted by molar-refractivity contribution is 6.31. The number of ether oxygens (including phenoxy) is 1. The van der Waals surface area contributed by atoms with Gasteiger partial charge in [-0.3, -0.25) is 14.8 Å². The highest BCUT2D eigenvalue weighted by Crippen LogP contribution is 2.40. The van der Waals surface area contributed by atoms with Gasteiger partial charge in [-0.2, -0.15) is 0 Å². The zero-order valence-electron chi connectivity index (χ0n) is 15.7. The molecule has 2 aromatic rings. The number of Topliss-reactive ketones (excluding diaryl/α,β-unsaturated/α-hetero) is 1. The summed E-state index contributed by atoms with van der Waals surface area (Å²) in [5.41, 5.74) is 1.57. The second-order valence-electron chi connectivity index (χ2n) is 6.88. The van der Waals surface area contributed by atoms with Crippen molar-refractivity contribution in [3.05, 3.63) is 72.1 Å². The number of carbonyl (C=O) groups excluding carboxylic acids is 1. The van der Waals surface area contributed by atoms with E-state index in [1.54, 1.807) is 18.5 Å². The summed E-state index contributed by atoms with van der Waals surface area (Å²) >= 11 is 0. The van der Waals surface area contributed by atoms with Crippen LogP contribution < -0.4 is 4.74 Å². The van der Waals surface area contributed by atoms with E-state index in [1.807, 2.05) is 60.5 Å². The molecule has 0 saturated heterocycles. The third-order valence-corrected chi connectivity index (χ3v) is 5.21. The Morgan fingerprint density at radius 1 is 1.18 bits per heavy atom. The lowest BCUT2D eigenvalue weighted by Gasteiger charge is -2.42. The summed E-state index contributed by atoms with van der Waals surface area (Å²) < 4.78 is 5.28. The Hall–Kier alpha value is -3.41. The van der Waals surface area contributed by atoms with Gasteiger partial charge in [0.05, 0.1) is 19.4 Å². The van der Waals surface area contributed by atoms with Crippen LogP contribution in [0.1, 0.15) is 28.9 Å². The average Bonchev–Trinajstić information content (AvgIpc) is 2.74. The Balaban J connectivity index is 1.78. The van der Waals surface area contributed by atoms with Crippen molar-refractivity contribution >= 4 is 17.8 Å². The zero-order chi connectivity index (χ0) is 19.7. The van der Waals surface area contributed by atoms with Gasteiger partial charge in [-0.1, -0.05) is 43.3 Å². The predicted octanol–water partition coefficient (Wildman–Crippen LogP) is 3.60. The quantitative estimate of drug-likeness (QED) is 0.829. The minimum Gasteiger partial charge on any atom is -0.504 e. The average molecular weight is 375 g/mol. The molecule has 2 aromatic carbocycles. The van der Waals surface area contributed by atoms with Crippen molar-refractivity contribution in [2.75, 3.05) is 7.11 Å². The normalized spacial score (nSPS) is 23.1. The van der Waals surface area contributed by atoms with Gasteiger partial charge in [0.2, 0.25) is 0 Å². The monoisotopic (exact) mass is 375 g/mol. The molecule has 4 rings (SSSR count). The number of amidine groups is 1. The van der Waals surface area contributed by atoms with Gasteiger partial charge in [-0.05, 0) is 17.7 Å². The summed E-state index contributed by atoms with van der Waals surface area (Å²) in [6.45, 7) is 2.02. The number of carbonyl (C=O) groups is 1. The van der Waals surface area contributed by atoms with Crippen molar-refractivity contribution in [2.24, 2.45) is 15.9 Å². The van der Waals surface area contributed by atoms with E-state index in [4.69, 9.17) is 9.73 Å². The number of aliphatic imine (C=N–C) groups is 2. The van der Waals surface area contributed by atoms with Gasteiger partial charge in [0, 0.05) is 23.9 Å². The topological polar surface area (TPSA) is 74.5 Å². The highest BCUT2D eigenvalue weighted by Gasteiger charge is 2.40. The van der Waals surface area contributed by atoms with E-state index in [0.29, 0.717) is 17.1 Å². The van der Waals surface area contributed by atoms with E-state index in [2.05, 4.69) is 4.99 Å². The summed E-state index contributed by atoms with van der Waals surface area (Å²) in [6.07, 6.45) is 5.24. The Morgan fingerprint density at radius 2 is 1.96 bits per heavy atom. The fourth-order valence-electron chi connectivity index (χ4n) is 3.80. The summed E-state index contributed by atoms with van der Waals surface area (Å²) in [7, 11) is 1.52. The van der Waals surface area contributed by atoms with Gasteiger partial charge in [0.15, 0.2) is 17.3 Å². The van der Waals surface area contributed by atoms with E-state index < -0.39 is 6.04 Å². The van der Waals surface area contributed by atoms with E-state index in [0.717, 1.165) is 5.56 Å². The number of fused-ring (bicyclic) bond motifs is 1. The molecule has 6 heteroatoms. The zero-order valence-corrected chi connectivity index (χ0v) is 15.7. The molecular weight excluding hydrogens is 354 g/mol. The van der Waals surface area contributed by atoms with Gasteiger partial charge in [-0.15, -0.1) is 0 Å². The molecule has 2 aliphatic rings. The second kappa shape index (κ2) is 7.31. The number of phenols is 1. The molecule has 2 heterocycles. The van der Waals surface area contributed by atoms with Crippen LogP contribution in [0.3, 0.4) is 0 Å². The van der Waals surface area contributed by atoms with Crippen LogP contribution >= 0.6 is 0 Å². The SMILES string of the molecule is COc1cc(C2C(C)C(C(=O)c3ccccc3)N=C3C=NC=CN32)ccc1O. The summed E-state index contributed by atoms with van der Waals surface area (Å²) in [4.78, 5) is 24.1. The predicted molar refractivity (Wildman–Crippen MR) is 108 cm³/mol. The molecule has 0 fully saturated rings. The van der Waals surface area contributed by atoms with Crippen molar-refractivity contribution < 1.29 is 14.6 Å². The third-order valence-electron chi connectivity index (χ3n) is 5.21. The maximum Gasteiger partial charge on any atom is 0.187 e. The number of benzene rings is 2. The number of aromatic hydroxyl groups is 1. The fourth-order valence-corrected chi connectivity index (χ4v) is 3.80. The lowest BCUT2D eigenvalue weighted by Crippen LogP contribution is -2.47. The van der Waals surface area contributed by atoms with E-state index >= 15 is 0 Å². The van der Waals surface area contributed by atoms with Crippen LogP contribution in [0.15, 0.2) is 70.9 Å². The minimum absolute atomic E-state index is 0.0149. The van der Waals surface area contributed by atoms with Crippen LogP contribution in [0, 0.1) is 5.92 Å². The first-order chi connectivity index (χ1) is 13.6. The third kappa shape index (κ3) is 3.07. The summed E-state index contributed by atoms with van der Waals surface area (Å²) in [5.74, 6) is 0.998. The second-order valence-corrected chi connectivity index (χ2v) is 6.88. The van der Waals surface area contributed by atoms with E-state index in [9.17, 15) is 9.90 Å². The largest absolute Gasteiger partial charge is 0.504 e. The molecular formula is C22H21N3O3. The maximum absolute atomic E-state index is 13.2. The van der Waals surface area contributed by atoms with Gasteiger partial charge in [0.25, 0.3) is 0 Å². The molecule has 0 amide bonds. The van der Waals surface area contributed by atoms with Gasteiger partial charge in [0.1, 0.15) is 11.9 Å². The number of hydrogen-bond donors (Lipinski definition) is 1. The van der Waals surface area contributed by atoms with E-state index in [1.165, 1.54) is 7.11 Å². The Labute approximate surface area is 163 Å². The van der Waals surface area contributed by atoms with Gasteiger partial charge >= 0.3 is 0 Å². The molecule has 0 radical (unpaired) electrons. The van der Waals surface area contributed by atoms with Crippen molar-refractivity contribution in [3.63, 3.8) is 0 Å². The number of nitrogens with zero attached hydrogens (tertiary/aromatic N) is 3. The van der Waals surface area contributed by atoms with E-state index in [-0.39, 0.29) is 23.5 Å². The Bertz CT molecular complexity index is 982. The molecule has 0 spiro atoms. The smallest absolute Gasteiger partial charge is 0.187 e. The lowest BCUT2D eigenvalue weighted by molar-refractivity contribution is 0.0899. The van der Waals surface area contributed by atoms with Crippen LogP contribution in [0.4, 0.5) is 0 Å². The summed E-state index contributed by atoms with van der Waals surface area (Å²) in [5, 5.41) is 9.97. The van der Waals surface area contributed by atoms with Crippen LogP contribution in [-0.4, -0.2) is 41.0 Å². The maximum atomic E-state index is 13.2. The number of methoxy groups -OCH3 is 1. The molecule has 3 unspecified atom stereocenters. The molecule has 142 valence electrons. The number of ketones is 1. The van der Waals surface area contributed by atoms with Crippen molar-refractivity contribution in [2.45, 2.75) is 19.0 Å². The van der Waals surface area contributed by atoms with Crippen LogP contribution in [-0.2, 0) is 0 Å².